The number of pyridine rings is 1. The van der Waals surface area contributed by atoms with Gasteiger partial charge in [0.2, 0.25) is 5.91 Å². The van der Waals surface area contributed by atoms with Crippen LogP contribution in [0.5, 0.6) is 0 Å². The first-order chi connectivity index (χ1) is 13.7. The van der Waals surface area contributed by atoms with E-state index in [1.54, 1.807) is 12.3 Å². The summed E-state index contributed by atoms with van der Waals surface area (Å²) < 4.78 is 2.06. The molecule has 0 saturated carbocycles. The zero-order valence-corrected chi connectivity index (χ0v) is 16.1. The summed E-state index contributed by atoms with van der Waals surface area (Å²) in [5, 5.41) is 9.07. The fourth-order valence-electron chi connectivity index (χ4n) is 4.45. The maximum absolute atomic E-state index is 12.4. The van der Waals surface area contributed by atoms with Gasteiger partial charge in [-0.1, -0.05) is 6.07 Å². The molecule has 2 fully saturated rings. The highest BCUT2D eigenvalue weighted by Gasteiger charge is 2.40. The maximum Gasteiger partial charge on any atom is 0.222 e. The Morgan fingerprint density at radius 1 is 1.18 bits per heavy atom. The lowest BCUT2D eigenvalue weighted by Crippen LogP contribution is -2.51. The molecule has 1 spiro atoms. The van der Waals surface area contributed by atoms with E-state index in [1.165, 1.54) is 0 Å². The van der Waals surface area contributed by atoms with Gasteiger partial charge in [0.1, 0.15) is 17.6 Å². The van der Waals surface area contributed by atoms with Crippen molar-refractivity contribution in [1.29, 1.82) is 5.26 Å². The minimum atomic E-state index is 0.228. The molecular formula is C21H26N6O. The largest absolute Gasteiger partial charge is 0.357 e. The molecule has 4 heterocycles. The van der Waals surface area contributed by atoms with Crippen molar-refractivity contribution >= 4 is 11.7 Å². The Balaban J connectivity index is 1.33. The van der Waals surface area contributed by atoms with Crippen molar-refractivity contribution in [3.63, 3.8) is 0 Å². The Bertz CT molecular complexity index is 848. The zero-order chi connectivity index (χ0) is 19.4. The predicted molar refractivity (Wildman–Crippen MR) is 105 cm³/mol. The molecule has 2 aliphatic heterocycles. The number of nitriles is 1. The Morgan fingerprint density at radius 2 is 2.04 bits per heavy atom. The predicted octanol–water partition coefficient (Wildman–Crippen LogP) is 2.45. The van der Waals surface area contributed by atoms with Crippen molar-refractivity contribution in [3.05, 3.63) is 42.6 Å². The summed E-state index contributed by atoms with van der Waals surface area (Å²) in [5.41, 5.74) is 0.691. The van der Waals surface area contributed by atoms with Gasteiger partial charge in [-0.25, -0.2) is 9.97 Å². The van der Waals surface area contributed by atoms with Crippen LogP contribution in [0, 0.1) is 16.7 Å². The fourth-order valence-corrected chi connectivity index (χ4v) is 4.45. The van der Waals surface area contributed by atoms with Gasteiger partial charge in [0, 0.05) is 51.5 Å². The third-order valence-electron chi connectivity index (χ3n) is 6.15. The zero-order valence-electron chi connectivity index (χ0n) is 16.1. The van der Waals surface area contributed by atoms with Gasteiger partial charge in [0.25, 0.3) is 0 Å². The van der Waals surface area contributed by atoms with Crippen LogP contribution in [-0.4, -0.2) is 51.5 Å². The van der Waals surface area contributed by atoms with Gasteiger partial charge in [-0.05, 0) is 43.2 Å². The minimum Gasteiger partial charge on any atom is -0.357 e. The topological polar surface area (TPSA) is 78.0 Å². The van der Waals surface area contributed by atoms with Gasteiger partial charge < -0.3 is 14.4 Å². The third kappa shape index (κ3) is 4.01. The molecule has 28 heavy (non-hydrogen) atoms. The maximum atomic E-state index is 12.4. The summed E-state index contributed by atoms with van der Waals surface area (Å²) in [4.78, 5) is 25.3. The van der Waals surface area contributed by atoms with Gasteiger partial charge in [-0.15, -0.1) is 0 Å². The van der Waals surface area contributed by atoms with Crippen LogP contribution in [0.1, 0.15) is 37.8 Å². The smallest absolute Gasteiger partial charge is 0.222 e. The van der Waals surface area contributed by atoms with Crippen LogP contribution >= 0.6 is 0 Å². The van der Waals surface area contributed by atoms with E-state index in [0.717, 1.165) is 64.2 Å². The molecule has 4 rings (SSSR count). The Labute approximate surface area is 165 Å². The first-order valence-electron chi connectivity index (χ1n) is 10.0. The molecule has 0 radical (unpaired) electrons. The second-order valence-corrected chi connectivity index (χ2v) is 7.95. The summed E-state index contributed by atoms with van der Waals surface area (Å²) in [6.45, 7) is 4.44. The second-order valence-electron chi connectivity index (χ2n) is 7.95. The van der Waals surface area contributed by atoms with Crippen LogP contribution in [0.3, 0.4) is 0 Å². The minimum absolute atomic E-state index is 0.228. The number of carbonyl (C=O) groups is 1. The van der Waals surface area contributed by atoms with Gasteiger partial charge in [-0.2, -0.15) is 5.26 Å². The number of aryl methyl sites for hydroxylation is 1. The van der Waals surface area contributed by atoms with Gasteiger partial charge >= 0.3 is 0 Å². The summed E-state index contributed by atoms with van der Waals surface area (Å²) in [5.74, 6) is 1.18. The Morgan fingerprint density at radius 3 is 2.79 bits per heavy atom. The molecule has 0 N–H and O–H groups in total. The van der Waals surface area contributed by atoms with Crippen molar-refractivity contribution in [3.8, 4) is 6.07 Å². The molecule has 1 amide bonds. The van der Waals surface area contributed by atoms with Crippen molar-refractivity contribution in [2.75, 3.05) is 31.1 Å². The van der Waals surface area contributed by atoms with Gasteiger partial charge in [-0.3, -0.25) is 4.79 Å². The van der Waals surface area contributed by atoms with E-state index in [-0.39, 0.29) is 5.41 Å². The number of hydrogen-bond acceptors (Lipinski definition) is 5. The number of carbonyl (C=O) groups excluding carboxylic acids is 1. The van der Waals surface area contributed by atoms with Crippen molar-refractivity contribution in [2.45, 2.75) is 38.6 Å². The van der Waals surface area contributed by atoms with E-state index in [0.29, 0.717) is 18.0 Å². The molecule has 0 aromatic carbocycles. The Hall–Kier alpha value is -2.88. The number of aromatic nitrogens is 3. The number of amides is 1. The standard InChI is InChI=1S/C21H26N6O/c22-15-18-3-1-4-19(24-18)26-12-7-21(8-13-26)6-5-20(28)27(16-21)11-2-10-25-14-9-23-17-25/h1,3-4,9,14,17H,2,5-8,10-13,16H2. The number of anilines is 1. The molecule has 146 valence electrons. The van der Waals surface area contributed by atoms with Crippen LogP contribution in [0.25, 0.3) is 0 Å². The number of nitrogens with zero attached hydrogens (tertiary/aromatic N) is 6. The van der Waals surface area contributed by atoms with Crippen molar-refractivity contribution in [1.82, 2.24) is 19.4 Å². The highest BCUT2D eigenvalue weighted by Crippen LogP contribution is 2.41. The summed E-state index contributed by atoms with van der Waals surface area (Å²) in [6, 6.07) is 7.73. The van der Waals surface area contributed by atoms with E-state index in [1.807, 2.05) is 24.7 Å². The van der Waals surface area contributed by atoms with Crippen LogP contribution < -0.4 is 4.90 Å². The van der Waals surface area contributed by atoms with Crippen LogP contribution in [0.15, 0.2) is 36.9 Å². The first kappa shape index (κ1) is 18.5. The monoisotopic (exact) mass is 378 g/mol. The molecule has 0 aliphatic carbocycles. The molecule has 0 bridgehead atoms. The molecule has 2 aliphatic rings. The van der Waals surface area contributed by atoms with E-state index < -0.39 is 0 Å². The summed E-state index contributed by atoms with van der Waals surface area (Å²) in [6.07, 6.45) is 10.3. The van der Waals surface area contributed by atoms with E-state index in [4.69, 9.17) is 5.26 Å². The molecule has 7 heteroatoms. The molecule has 7 nitrogen and oxygen atoms in total. The average Bonchev–Trinajstić information content (AvgIpc) is 3.25. The first-order valence-corrected chi connectivity index (χ1v) is 10.0. The molecule has 2 saturated heterocycles. The van der Waals surface area contributed by atoms with Crippen LogP contribution in [-0.2, 0) is 11.3 Å². The quantitative estimate of drug-likeness (QED) is 0.799. The number of piperidine rings is 2. The number of imidazole rings is 1. The average molecular weight is 378 g/mol. The SMILES string of the molecule is N#Cc1cccc(N2CCC3(CCC(=O)N(CCCn4ccnc4)C3)CC2)n1. The molecule has 2 aromatic heterocycles. The lowest BCUT2D eigenvalue weighted by atomic mass is 9.72. The van der Waals surface area contributed by atoms with Crippen molar-refractivity contribution < 1.29 is 4.79 Å². The normalized spacial score (nSPS) is 19.0. The van der Waals surface area contributed by atoms with Crippen LogP contribution in [0.2, 0.25) is 0 Å². The molecule has 0 unspecified atom stereocenters. The van der Waals surface area contributed by atoms with Crippen LogP contribution in [0.4, 0.5) is 5.82 Å². The van der Waals surface area contributed by atoms with Gasteiger partial charge in [0.15, 0.2) is 0 Å². The highest BCUT2D eigenvalue weighted by atomic mass is 16.2. The number of likely N-dealkylation sites (tertiary alicyclic amines) is 1. The Kier molecular flexibility index (Phi) is 5.29. The third-order valence-corrected chi connectivity index (χ3v) is 6.15. The van der Waals surface area contributed by atoms with E-state index in [9.17, 15) is 4.79 Å². The van der Waals surface area contributed by atoms with E-state index >= 15 is 0 Å². The van der Waals surface area contributed by atoms with Crippen molar-refractivity contribution in [2.24, 2.45) is 5.41 Å². The second kappa shape index (κ2) is 8.01. The van der Waals surface area contributed by atoms with Gasteiger partial charge in [0.05, 0.1) is 6.33 Å². The lowest BCUT2D eigenvalue weighted by molar-refractivity contribution is -0.138. The summed E-state index contributed by atoms with van der Waals surface area (Å²) in [7, 11) is 0. The molecule has 0 atom stereocenters. The molecule has 2 aromatic rings. The fraction of sp³-hybridized carbons (Fsp3) is 0.524. The summed E-state index contributed by atoms with van der Waals surface area (Å²) >= 11 is 0. The number of rotatable bonds is 5. The molecular weight excluding hydrogens is 352 g/mol. The lowest BCUT2D eigenvalue weighted by Gasteiger charge is -2.47. The highest BCUT2D eigenvalue weighted by molar-refractivity contribution is 5.77. The van der Waals surface area contributed by atoms with E-state index in [2.05, 4.69) is 30.4 Å². The number of hydrogen-bond donors (Lipinski definition) is 0.